The number of fused-ring (bicyclic) bond motifs is 2. The van der Waals surface area contributed by atoms with Gasteiger partial charge in [0.1, 0.15) is 16.4 Å². The Bertz CT molecular complexity index is 1430. The molecule has 0 aromatic heterocycles. The van der Waals surface area contributed by atoms with Crippen LogP contribution in [0.15, 0.2) is 39.0 Å². The summed E-state index contributed by atoms with van der Waals surface area (Å²) in [5.41, 5.74) is 10.9. The number of rotatable bonds is 3. The lowest BCUT2D eigenvalue weighted by molar-refractivity contribution is 0.0730. The smallest absolute Gasteiger partial charge is 0.280 e. The van der Waals surface area contributed by atoms with Crippen LogP contribution in [-0.2, 0) is 30.4 Å². The van der Waals surface area contributed by atoms with Crippen LogP contribution in [-0.4, -0.2) is 59.3 Å². The normalized spacial score (nSPS) is 17.6. The van der Waals surface area contributed by atoms with Crippen LogP contribution < -0.4 is 16.2 Å². The fraction of sp³-hybridized carbons (Fsp3) is 0.300. The summed E-state index contributed by atoms with van der Waals surface area (Å²) in [6.45, 7) is 2.40. The van der Waals surface area contributed by atoms with Gasteiger partial charge in [0.15, 0.2) is 15.8 Å². The molecule has 0 saturated carbocycles. The highest BCUT2D eigenvalue weighted by atomic mass is 35.5. The Morgan fingerprint density at radius 3 is 2.44 bits per heavy atom. The molecule has 0 spiro atoms. The van der Waals surface area contributed by atoms with E-state index in [1.165, 1.54) is 22.5 Å². The first-order chi connectivity index (χ1) is 15.9. The number of sulfonamides is 1. The maximum absolute atomic E-state index is 13.3. The standard InChI is InChI=1S/C20H21ClN4O7S2/c1-11-6-12(19(26)24-20(22)23)8-16-17(11)32-18-13(10-33(16,27)28)7-14(9-15(18)21)34(29,30)25-2-4-31-5-3-25/h6-9H,2-5,10H2,1H3,(H4,22,23,24,26). The lowest BCUT2D eigenvalue weighted by Crippen LogP contribution is -2.40. The maximum Gasteiger partial charge on any atom is 0.280 e. The Labute approximate surface area is 201 Å². The summed E-state index contributed by atoms with van der Waals surface area (Å²) in [5.74, 6) is -1.88. The van der Waals surface area contributed by atoms with Crippen LogP contribution >= 0.6 is 11.6 Å². The monoisotopic (exact) mass is 528 g/mol. The molecule has 2 aliphatic heterocycles. The molecule has 1 saturated heterocycles. The number of amides is 1. The molecule has 11 nitrogen and oxygen atoms in total. The van der Waals surface area contributed by atoms with Crippen molar-refractivity contribution in [2.24, 2.45) is 16.5 Å². The van der Waals surface area contributed by atoms with Crippen LogP contribution in [0.25, 0.3) is 0 Å². The van der Waals surface area contributed by atoms with Crippen molar-refractivity contribution in [1.29, 1.82) is 0 Å². The molecule has 0 unspecified atom stereocenters. The molecule has 2 aliphatic rings. The predicted molar refractivity (Wildman–Crippen MR) is 123 cm³/mol. The summed E-state index contributed by atoms with van der Waals surface area (Å²) in [7, 11) is -8.01. The second-order valence-electron chi connectivity index (χ2n) is 7.73. The number of nitrogens with two attached hydrogens (primary N) is 2. The highest BCUT2D eigenvalue weighted by molar-refractivity contribution is 7.90. The number of aliphatic imine (C=N–C) groups is 1. The van der Waals surface area contributed by atoms with Crippen LogP contribution in [0.4, 0.5) is 0 Å². The Morgan fingerprint density at radius 1 is 1.12 bits per heavy atom. The summed E-state index contributed by atoms with van der Waals surface area (Å²) >= 11 is 6.39. The van der Waals surface area contributed by atoms with Gasteiger partial charge in [-0.05, 0) is 36.8 Å². The van der Waals surface area contributed by atoms with E-state index in [-0.39, 0.29) is 63.7 Å². The van der Waals surface area contributed by atoms with E-state index in [9.17, 15) is 21.6 Å². The summed E-state index contributed by atoms with van der Waals surface area (Å²) in [4.78, 5) is 15.3. The number of ether oxygens (including phenoxy) is 2. The maximum atomic E-state index is 13.3. The van der Waals surface area contributed by atoms with Crippen molar-refractivity contribution in [1.82, 2.24) is 4.31 Å². The summed E-state index contributed by atoms with van der Waals surface area (Å²) < 4.78 is 65.1. The van der Waals surface area contributed by atoms with Crippen LogP contribution in [0.5, 0.6) is 11.5 Å². The van der Waals surface area contributed by atoms with E-state index in [0.717, 1.165) is 6.07 Å². The van der Waals surface area contributed by atoms with Gasteiger partial charge >= 0.3 is 0 Å². The molecule has 1 fully saturated rings. The molecular formula is C20H21ClN4O7S2. The molecule has 4 rings (SSSR count). The number of halogens is 1. The summed E-state index contributed by atoms with van der Waals surface area (Å²) in [5, 5.41) is -0.0626. The molecule has 2 aromatic carbocycles. The topological polar surface area (TPSA) is 171 Å². The van der Waals surface area contributed by atoms with E-state index in [0.29, 0.717) is 5.56 Å². The number of benzene rings is 2. The molecule has 34 heavy (non-hydrogen) atoms. The molecular weight excluding hydrogens is 508 g/mol. The van der Waals surface area contributed by atoms with Crippen molar-refractivity contribution in [3.05, 3.63) is 46.0 Å². The van der Waals surface area contributed by atoms with Crippen molar-refractivity contribution in [2.45, 2.75) is 22.5 Å². The molecule has 182 valence electrons. The number of sulfone groups is 1. The van der Waals surface area contributed by atoms with Gasteiger partial charge in [0.25, 0.3) is 5.91 Å². The Morgan fingerprint density at radius 2 is 1.79 bits per heavy atom. The number of hydrogen-bond acceptors (Lipinski definition) is 7. The van der Waals surface area contributed by atoms with E-state index in [1.807, 2.05) is 0 Å². The fourth-order valence-electron chi connectivity index (χ4n) is 3.72. The number of morpholine rings is 1. The lowest BCUT2D eigenvalue weighted by Gasteiger charge is -2.26. The van der Waals surface area contributed by atoms with Crippen molar-refractivity contribution in [3.63, 3.8) is 0 Å². The lowest BCUT2D eigenvalue weighted by atomic mass is 10.1. The van der Waals surface area contributed by atoms with Gasteiger partial charge in [-0.25, -0.2) is 16.8 Å². The minimum absolute atomic E-state index is 0.0225. The fourth-order valence-corrected chi connectivity index (χ4v) is 7.12. The Kier molecular flexibility index (Phi) is 6.33. The van der Waals surface area contributed by atoms with Gasteiger partial charge in [-0.1, -0.05) is 11.6 Å². The van der Waals surface area contributed by atoms with E-state index in [4.69, 9.17) is 32.5 Å². The molecule has 2 heterocycles. The van der Waals surface area contributed by atoms with E-state index >= 15 is 0 Å². The number of aryl methyl sites for hydroxylation is 1. The Balaban J connectivity index is 1.82. The summed E-state index contributed by atoms with van der Waals surface area (Å²) in [6.07, 6.45) is 0. The second-order valence-corrected chi connectivity index (χ2v) is 12.0. The van der Waals surface area contributed by atoms with Crippen molar-refractivity contribution in [3.8, 4) is 11.5 Å². The van der Waals surface area contributed by atoms with Gasteiger partial charge in [-0.15, -0.1) is 0 Å². The van der Waals surface area contributed by atoms with Gasteiger partial charge < -0.3 is 20.9 Å². The van der Waals surface area contributed by atoms with Crippen LogP contribution in [0, 0.1) is 6.92 Å². The van der Waals surface area contributed by atoms with Crippen LogP contribution in [0.2, 0.25) is 5.02 Å². The average molecular weight is 529 g/mol. The molecule has 0 radical (unpaired) electrons. The Hall–Kier alpha value is -2.71. The van der Waals surface area contributed by atoms with E-state index in [1.54, 1.807) is 6.92 Å². The SMILES string of the molecule is Cc1cc(C(=O)N=C(N)N)cc2c1Oc1c(Cl)cc(S(=O)(=O)N3CCOCC3)cc1CS2(=O)=O. The van der Waals surface area contributed by atoms with Crippen molar-refractivity contribution < 1.29 is 31.1 Å². The number of carbonyl (C=O) groups excluding carboxylic acids is 1. The zero-order chi connectivity index (χ0) is 24.8. The number of hydrogen-bond donors (Lipinski definition) is 2. The average Bonchev–Trinajstić information content (AvgIpc) is 2.87. The zero-order valence-corrected chi connectivity index (χ0v) is 20.3. The molecule has 0 bridgehead atoms. The predicted octanol–water partition coefficient (Wildman–Crippen LogP) is 1.16. The largest absolute Gasteiger partial charge is 0.454 e. The van der Waals surface area contributed by atoms with Gasteiger partial charge in [0.2, 0.25) is 10.0 Å². The third kappa shape index (κ3) is 4.49. The minimum Gasteiger partial charge on any atom is -0.454 e. The molecule has 0 atom stereocenters. The third-order valence-electron chi connectivity index (χ3n) is 5.30. The third-order valence-corrected chi connectivity index (χ3v) is 9.13. The molecule has 2 aromatic rings. The van der Waals surface area contributed by atoms with Gasteiger partial charge in [0, 0.05) is 24.2 Å². The first-order valence-corrected chi connectivity index (χ1v) is 13.5. The van der Waals surface area contributed by atoms with Crippen molar-refractivity contribution in [2.75, 3.05) is 26.3 Å². The minimum atomic E-state index is -4.08. The van der Waals surface area contributed by atoms with Gasteiger partial charge in [-0.2, -0.15) is 9.30 Å². The first-order valence-electron chi connectivity index (χ1n) is 9.99. The van der Waals surface area contributed by atoms with Crippen molar-refractivity contribution >= 4 is 43.3 Å². The second kappa shape index (κ2) is 8.82. The quantitative estimate of drug-likeness (QED) is 0.438. The van der Waals surface area contributed by atoms with Crippen LogP contribution in [0.1, 0.15) is 21.5 Å². The number of guanidine groups is 1. The van der Waals surface area contributed by atoms with E-state index < -0.39 is 37.5 Å². The molecule has 14 heteroatoms. The first kappa shape index (κ1) is 24.4. The number of nitrogens with zero attached hydrogens (tertiary/aromatic N) is 2. The molecule has 1 amide bonds. The summed E-state index contributed by atoms with van der Waals surface area (Å²) in [6, 6.07) is 4.99. The van der Waals surface area contributed by atoms with Crippen LogP contribution in [0.3, 0.4) is 0 Å². The highest BCUT2D eigenvalue weighted by Gasteiger charge is 2.34. The molecule has 4 N–H and O–H groups in total. The molecule has 0 aliphatic carbocycles. The van der Waals surface area contributed by atoms with Gasteiger partial charge in [-0.3, -0.25) is 4.79 Å². The highest BCUT2D eigenvalue weighted by Crippen LogP contribution is 2.44. The van der Waals surface area contributed by atoms with E-state index in [2.05, 4.69) is 4.99 Å². The van der Waals surface area contributed by atoms with Gasteiger partial charge in [0.05, 0.1) is 28.9 Å². The number of carbonyl (C=O) groups is 1. The zero-order valence-electron chi connectivity index (χ0n) is 17.9.